The van der Waals surface area contributed by atoms with Gasteiger partial charge in [-0.3, -0.25) is 4.79 Å². The number of carbonyl (C=O) groups excluding carboxylic acids is 1. The molecule has 1 heteroatoms. The lowest BCUT2D eigenvalue weighted by atomic mass is 10.0. The molecule has 0 aromatic heterocycles. The van der Waals surface area contributed by atoms with Crippen LogP contribution in [0, 0.1) is 0 Å². The number of allylic oxidation sites excluding steroid dienone is 4. The molecule has 0 aromatic rings. The van der Waals surface area contributed by atoms with E-state index in [4.69, 9.17) is 0 Å². The van der Waals surface area contributed by atoms with Crippen LogP contribution in [0.2, 0.25) is 0 Å². The molecule has 0 amide bonds. The molecule has 1 radical (unpaired) electrons. The van der Waals surface area contributed by atoms with Gasteiger partial charge in [0.05, 0.1) is 0 Å². The van der Waals surface area contributed by atoms with Crippen molar-refractivity contribution in [3.63, 3.8) is 0 Å². The lowest BCUT2D eigenvalue weighted by Gasteiger charge is -2.04. The second-order valence-corrected chi connectivity index (χ2v) is 9.47. The predicted molar refractivity (Wildman–Crippen MR) is 140 cm³/mol. The topological polar surface area (TPSA) is 17.1 Å². The molecule has 181 valence electrons. The van der Waals surface area contributed by atoms with Crippen LogP contribution in [0.4, 0.5) is 0 Å². The summed E-state index contributed by atoms with van der Waals surface area (Å²) in [6.45, 7) is 2.30. The molecule has 0 unspecified atom stereocenters. The van der Waals surface area contributed by atoms with E-state index in [-0.39, 0.29) is 0 Å². The van der Waals surface area contributed by atoms with Crippen molar-refractivity contribution in [2.75, 3.05) is 0 Å². The quantitative estimate of drug-likeness (QED) is 0.0756. The second kappa shape index (κ2) is 29.1. The van der Waals surface area contributed by atoms with Crippen molar-refractivity contribution in [1.82, 2.24) is 0 Å². The van der Waals surface area contributed by atoms with Gasteiger partial charge < -0.3 is 0 Å². The highest BCUT2D eigenvalue weighted by Crippen LogP contribution is 2.15. The predicted octanol–water partition coefficient (Wildman–Crippen LogP) is 10.6. The van der Waals surface area contributed by atoms with Crippen LogP contribution in [-0.2, 0) is 4.79 Å². The van der Waals surface area contributed by atoms with Gasteiger partial charge >= 0.3 is 0 Å². The van der Waals surface area contributed by atoms with Gasteiger partial charge in [0.2, 0.25) is 6.29 Å². The Balaban J connectivity index is 3.04. The summed E-state index contributed by atoms with van der Waals surface area (Å²) in [6, 6.07) is 0. The number of hydrogen-bond acceptors (Lipinski definition) is 1. The summed E-state index contributed by atoms with van der Waals surface area (Å²) in [7, 11) is 0. The van der Waals surface area contributed by atoms with Gasteiger partial charge in [0.1, 0.15) is 0 Å². The van der Waals surface area contributed by atoms with Crippen LogP contribution in [0.1, 0.15) is 161 Å². The van der Waals surface area contributed by atoms with Crippen molar-refractivity contribution in [2.24, 2.45) is 0 Å². The molecule has 0 fully saturated rings. The summed E-state index contributed by atoms with van der Waals surface area (Å²) in [5.41, 5.74) is 0. The molecule has 0 spiro atoms. The fraction of sp³-hybridized carbons (Fsp3) is 0.833. The molecule has 0 atom stereocenters. The first-order chi connectivity index (χ1) is 15.4. The van der Waals surface area contributed by atoms with Crippen molar-refractivity contribution in [3.8, 4) is 0 Å². The highest BCUT2D eigenvalue weighted by molar-refractivity contribution is 5.66. The lowest BCUT2D eigenvalue weighted by molar-refractivity contribution is 0.518. The molecule has 0 saturated carbocycles. The molecule has 0 rings (SSSR count). The largest absolute Gasteiger partial charge is 0.286 e. The average molecular weight is 432 g/mol. The van der Waals surface area contributed by atoms with Crippen LogP contribution in [0.25, 0.3) is 0 Å². The van der Waals surface area contributed by atoms with E-state index in [1.54, 1.807) is 12.4 Å². The molecule has 0 aromatic carbocycles. The van der Waals surface area contributed by atoms with Gasteiger partial charge in [-0.05, 0) is 18.9 Å². The van der Waals surface area contributed by atoms with Crippen LogP contribution in [0.5, 0.6) is 0 Å². The first-order valence-electron chi connectivity index (χ1n) is 14.1. The SMILES string of the molecule is CCCCCCCCCCCCCCCCCCCCCCCCC/C=C/C=C/[C]=O. The van der Waals surface area contributed by atoms with E-state index in [1.807, 2.05) is 6.08 Å². The minimum absolute atomic E-state index is 1.13. The van der Waals surface area contributed by atoms with Crippen molar-refractivity contribution in [1.29, 1.82) is 0 Å². The molecule has 0 N–H and O–H groups in total. The van der Waals surface area contributed by atoms with Crippen molar-refractivity contribution >= 4 is 6.29 Å². The van der Waals surface area contributed by atoms with Crippen LogP contribution in [-0.4, -0.2) is 6.29 Å². The lowest BCUT2D eigenvalue weighted by Crippen LogP contribution is -1.84. The molecule has 0 aliphatic rings. The normalized spacial score (nSPS) is 11.8. The van der Waals surface area contributed by atoms with Crippen molar-refractivity contribution in [2.45, 2.75) is 161 Å². The monoisotopic (exact) mass is 431 g/mol. The fourth-order valence-electron chi connectivity index (χ4n) is 4.32. The van der Waals surface area contributed by atoms with Crippen molar-refractivity contribution < 1.29 is 4.79 Å². The average Bonchev–Trinajstić information content (AvgIpc) is 2.78. The molecule has 0 bridgehead atoms. The highest BCUT2D eigenvalue weighted by Gasteiger charge is 1.95. The molecule has 0 aliphatic heterocycles. The smallest absolute Gasteiger partial charge is 0.225 e. The summed E-state index contributed by atoms with van der Waals surface area (Å²) in [6.07, 6.45) is 43.2. The van der Waals surface area contributed by atoms with E-state index in [1.165, 1.54) is 154 Å². The van der Waals surface area contributed by atoms with Gasteiger partial charge in [-0.25, -0.2) is 0 Å². The minimum atomic E-state index is 1.13. The van der Waals surface area contributed by atoms with Gasteiger partial charge in [0, 0.05) is 0 Å². The van der Waals surface area contributed by atoms with Crippen LogP contribution in [0.3, 0.4) is 0 Å². The Bertz CT molecular complexity index is 382. The standard InChI is InChI=1S/C30H55O/c1-2-3-4-5-6-7-8-9-10-11-12-13-14-15-16-17-18-19-20-21-22-23-24-25-26-27-28-29-30-31/h26-29H,2-25H2,1H3/b27-26+,29-28+. The zero-order valence-electron chi connectivity index (χ0n) is 21.2. The van der Waals surface area contributed by atoms with E-state index in [9.17, 15) is 4.79 Å². The zero-order chi connectivity index (χ0) is 22.5. The Morgan fingerprint density at radius 1 is 0.452 bits per heavy atom. The summed E-state index contributed by atoms with van der Waals surface area (Å²) < 4.78 is 0. The Labute approximate surface area is 196 Å². The molecular formula is C30H55O. The Morgan fingerprint density at radius 2 is 0.774 bits per heavy atom. The van der Waals surface area contributed by atoms with Gasteiger partial charge in [-0.15, -0.1) is 0 Å². The molecule has 0 heterocycles. The van der Waals surface area contributed by atoms with Crippen LogP contribution >= 0.6 is 0 Å². The summed E-state index contributed by atoms with van der Waals surface area (Å²) in [5.74, 6) is 0. The maximum atomic E-state index is 10.0. The van der Waals surface area contributed by atoms with E-state index in [0.29, 0.717) is 0 Å². The summed E-state index contributed by atoms with van der Waals surface area (Å²) in [5, 5.41) is 0. The van der Waals surface area contributed by atoms with Crippen LogP contribution < -0.4 is 0 Å². The van der Waals surface area contributed by atoms with Crippen molar-refractivity contribution in [3.05, 3.63) is 24.3 Å². The van der Waals surface area contributed by atoms with Crippen LogP contribution in [0.15, 0.2) is 24.3 Å². The van der Waals surface area contributed by atoms with Gasteiger partial charge in [0.25, 0.3) is 0 Å². The summed E-state index contributed by atoms with van der Waals surface area (Å²) >= 11 is 0. The first-order valence-corrected chi connectivity index (χ1v) is 14.1. The maximum Gasteiger partial charge on any atom is 0.225 e. The summed E-state index contributed by atoms with van der Waals surface area (Å²) in [4.78, 5) is 10.0. The zero-order valence-corrected chi connectivity index (χ0v) is 21.2. The third-order valence-corrected chi connectivity index (χ3v) is 6.39. The van der Waals surface area contributed by atoms with Gasteiger partial charge in [-0.1, -0.05) is 166 Å². The molecule has 0 saturated heterocycles. The molecule has 31 heavy (non-hydrogen) atoms. The molecular weight excluding hydrogens is 376 g/mol. The third kappa shape index (κ3) is 29.1. The minimum Gasteiger partial charge on any atom is -0.286 e. The Morgan fingerprint density at radius 3 is 1.10 bits per heavy atom. The fourth-order valence-corrected chi connectivity index (χ4v) is 4.32. The Kier molecular flexibility index (Phi) is 28.4. The number of unbranched alkanes of at least 4 members (excludes halogenated alkanes) is 23. The molecule has 1 nitrogen and oxygen atoms in total. The van der Waals surface area contributed by atoms with Gasteiger partial charge in [0.15, 0.2) is 0 Å². The Hall–Kier alpha value is -0.850. The van der Waals surface area contributed by atoms with E-state index in [2.05, 4.69) is 13.0 Å². The highest BCUT2D eigenvalue weighted by atomic mass is 16.1. The second-order valence-electron chi connectivity index (χ2n) is 9.47. The maximum absolute atomic E-state index is 10.0. The first kappa shape index (κ1) is 30.1. The van der Waals surface area contributed by atoms with E-state index >= 15 is 0 Å². The number of hydrogen-bond donors (Lipinski definition) is 0. The van der Waals surface area contributed by atoms with E-state index in [0.717, 1.165) is 6.42 Å². The van der Waals surface area contributed by atoms with E-state index < -0.39 is 0 Å². The molecule has 0 aliphatic carbocycles. The number of rotatable bonds is 26. The third-order valence-electron chi connectivity index (χ3n) is 6.39. The van der Waals surface area contributed by atoms with Gasteiger partial charge in [-0.2, -0.15) is 0 Å².